The molecular weight excluding hydrogens is 306 g/mol. The number of nitrogens with zero attached hydrogens (tertiary/aromatic N) is 1. The number of benzene rings is 1. The van der Waals surface area contributed by atoms with E-state index in [4.69, 9.17) is 0 Å². The van der Waals surface area contributed by atoms with Crippen LogP contribution in [0, 0.1) is 11.3 Å². The number of aliphatic carboxylic acids is 1. The van der Waals surface area contributed by atoms with Gasteiger partial charge in [0.15, 0.2) is 0 Å². The fourth-order valence-electron chi connectivity index (χ4n) is 3.73. The van der Waals surface area contributed by atoms with Crippen LogP contribution < -0.4 is 0 Å². The molecule has 0 amide bonds. The molecule has 4 heteroatoms. The van der Waals surface area contributed by atoms with Gasteiger partial charge in [0.2, 0.25) is 0 Å². The molecule has 1 aromatic rings. The van der Waals surface area contributed by atoms with Gasteiger partial charge in [0.1, 0.15) is 0 Å². The minimum absolute atomic E-state index is 0.340. The first kappa shape index (κ1) is 13.1. The van der Waals surface area contributed by atoms with Crippen molar-refractivity contribution in [3.05, 3.63) is 34.3 Å². The van der Waals surface area contributed by atoms with Crippen molar-refractivity contribution in [3.8, 4) is 0 Å². The number of hydrogen-bond acceptors (Lipinski definition) is 2. The third-order valence-corrected chi connectivity index (χ3v) is 5.49. The van der Waals surface area contributed by atoms with Gasteiger partial charge in [0.25, 0.3) is 0 Å². The molecule has 0 bridgehead atoms. The zero-order valence-electron chi connectivity index (χ0n) is 10.8. The van der Waals surface area contributed by atoms with E-state index in [2.05, 4.69) is 26.9 Å². The first-order valence-electron chi connectivity index (χ1n) is 6.81. The molecule has 1 heterocycles. The number of halogens is 1. The summed E-state index contributed by atoms with van der Waals surface area (Å²) in [7, 11) is 0. The van der Waals surface area contributed by atoms with Crippen LogP contribution in [0.4, 0.5) is 0 Å². The van der Waals surface area contributed by atoms with Gasteiger partial charge in [0, 0.05) is 24.1 Å². The van der Waals surface area contributed by atoms with Gasteiger partial charge in [-0.15, -0.1) is 0 Å². The summed E-state index contributed by atoms with van der Waals surface area (Å²) in [5.41, 5.74) is 0.768. The summed E-state index contributed by atoms with van der Waals surface area (Å²) in [6.07, 6.45) is 2.98. The number of rotatable bonds is 3. The highest BCUT2D eigenvalue weighted by Gasteiger charge is 2.54. The van der Waals surface area contributed by atoms with E-state index < -0.39 is 11.4 Å². The lowest BCUT2D eigenvalue weighted by Gasteiger charge is -2.23. The van der Waals surface area contributed by atoms with E-state index in [1.54, 1.807) is 0 Å². The van der Waals surface area contributed by atoms with Crippen molar-refractivity contribution < 1.29 is 9.90 Å². The number of likely N-dealkylation sites (tertiary alicyclic amines) is 1. The molecular formula is C15H18BrNO2. The highest BCUT2D eigenvalue weighted by Crippen LogP contribution is 2.49. The van der Waals surface area contributed by atoms with E-state index in [-0.39, 0.29) is 0 Å². The van der Waals surface area contributed by atoms with Gasteiger partial charge in [-0.05, 0) is 30.4 Å². The zero-order chi connectivity index (χ0) is 13.5. The maximum Gasteiger partial charge on any atom is 0.311 e. The van der Waals surface area contributed by atoms with Crippen LogP contribution in [0.5, 0.6) is 0 Å². The number of fused-ring (bicyclic) bond motifs is 1. The summed E-state index contributed by atoms with van der Waals surface area (Å²) in [5.74, 6) is -0.253. The number of carbonyl (C=O) groups is 1. The number of hydrogen-bond donors (Lipinski definition) is 1. The number of carboxylic acid groups (broad SMARTS) is 1. The molecule has 3 nitrogen and oxygen atoms in total. The van der Waals surface area contributed by atoms with Gasteiger partial charge >= 0.3 is 5.97 Å². The highest BCUT2D eigenvalue weighted by molar-refractivity contribution is 9.10. The van der Waals surface area contributed by atoms with E-state index >= 15 is 0 Å². The summed E-state index contributed by atoms with van der Waals surface area (Å²) in [6, 6.07) is 8.18. The van der Waals surface area contributed by atoms with Crippen molar-refractivity contribution in [2.75, 3.05) is 13.1 Å². The molecule has 102 valence electrons. The summed E-state index contributed by atoms with van der Waals surface area (Å²) in [6.45, 7) is 2.47. The van der Waals surface area contributed by atoms with Crippen LogP contribution in [0.15, 0.2) is 28.7 Å². The predicted octanol–water partition coefficient (Wildman–Crippen LogP) is 3.14. The summed E-state index contributed by atoms with van der Waals surface area (Å²) < 4.78 is 1.11. The largest absolute Gasteiger partial charge is 0.481 e. The summed E-state index contributed by atoms with van der Waals surface area (Å²) >= 11 is 3.56. The molecule has 1 N–H and O–H groups in total. The first-order chi connectivity index (χ1) is 9.12. The molecule has 1 aliphatic heterocycles. The predicted molar refractivity (Wildman–Crippen MR) is 76.8 cm³/mol. The topological polar surface area (TPSA) is 40.5 Å². The van der Waals surface area contributed by atoms with Gasteiger partial charge in [0.05, 0.1) is 5.41 Å². The van der Waals surface area contributed by atoms with Crippen LogP contribution in [0.3, 0.4) is 0 Å². The van der Waals surface area contributed by atoms with Gasteiger partial charge in [-0.25, -0.2) is 0 Å². The van der Waals surface area contributed by atoms with Gasteiger partial charge in [-0.3, -0.25) is 9.69 Å². The lowest BCUT2D eigenvalue weighted by molar-refractivity contribution is -0.149. The van der Waals surface area contributed by atoms with Crippen molar-refractivity contribution in [3.63, 3.8) is 0 Å². The van der Waals surface area contributed by atoms with Crippen LogP contribution in [0.25, 0.3) is 0 Å². The molecule has 0 aromatic heterocycles. The molecule has 2 fully saturated rings. The standard InChI is InChI=1S/C15H18BrNO2/c16-13-6-2-1-4-11(13)8-17-9-12-5-3-7-15(12,10-17)14(18)19/h1-2,4,6,12H,3,5,7-10H2,(H,18,19)/t12-,15+/m0/s1. The molecule has 1 aliphatic carbocycles. The van der Waals surface area contributed by atoms with Crippen molar-refractivity contribution in [2.24, 2.45) is 11.3 Å². The quantitative estimate of drug-likeness (QED) is 0.929. The Bertz CT molecular complexity index is 505. The summed E-state index contributed by atoms with van der Waals surface area (Å²) in [4.78, 5) is 13.9. The molecule has 1 saturated carbocycles. The van der Waals surface area contributed by atoms with Crippen LogP contribution in [-0.4, -0.2) is 29.1 Å². The van der Waals surface area contributed by atoms with E-state index in [1.165, 1.54) is 5.56 Å². The highest BCUT2D eigenvalue weighted by atomic mass is 79.9. The molecule has 0 spiro atoms. The maximum atomic E-state index is 11.6. The maximum absolute atomic E-state index is 11.6. The fourth-order valence-corrected chi connectivity index (χ4v) is 4.14. The smallest absolute Gasteiger partial charge is 0.311 e. The Hall–Kier alpha value is -0.870. The lowest BCUT2D eigenvalue weighted by Crippen LogP contribution is -2.35. The van der Waals surface area contributed by atoms with Gasteiger partial charge < -0.3 is 5.11 Å². The molecule has 0 radical (unpaired) electrons. The van der Waals surface area contributed by atoms with Gasteiger partial charge in [-0.1, -0.05) is 40.5 Å². The Morgan fingerprint density at radius 3 is 2.95 bits per heavy atom. The second-order valence-corrected chi connectivity index (χ2v) is 6.67. The summed E-state index contributed by atoms with van der Waals surface area (Å²) in [5, 5.41) is 9.58. The molecule has 1 aromatic carbocycles. The Morgan fingerprint density at radius 2 is 2.26 bits per heavy atom. The molecule has 2 atom stereocenters. The molecule has 1 saturated heterocycles. The van der Waals surface area contributed by atoms with Crippen molar-refractivity contribution >= 4 is 21.9 Å². The molecule has 19 heavy (non-hydrogen) atoms. The Kier molecular flexibility index (Phi) is 3.39. The van der Waals surface area contributed by atoms with Crippen molar-refractivity contribution in [2.45, 2.75) is 25.8 Å². The zero-order valence-corrected chi connectivity index (χ0v) is 12.4. The third kappa shape index (κ3) is 2.21. The van der Waals surface area contributed by atoms with E-state index in [0.29, 0.717) is 12.5 Å². The Labute approximate surface area is 121 Å². The van der Waals surface area contributed by atoms with Crippen LogP contribution in [-0.2, 0) is 11.3 Å². The number of carboxylic acids is 1. The second kappa shape index (κ2) is 4.91. The average molecular weight is 324 g/mol. The van der Waals surface area contributed by atoms with Crippen LogP contribution in [0.2, 0.25) is 0 Å². The average Bonchev–Trinajstić information content (AvgIpc) is 2.89. The van der Waals surface area contributed by atoms with Crippen molar-refractivity contribution in [1.29, 1.82) is 0 Å². The van der Waals surface area contributed by atoms with E-state index in [0.717, 1.165) is 36.8 Å². The fraction of sp³-hybridized carbons (Fsp3) is 0.533. The molecule has 0 unspecified atom stereocenters. The minimum atomic E-state index is -0.593. The second-order valence-electron chi connectivity index (χ2n) is 5.81. The first-order valence-corrected chi connectivity index (χ1v) is 7.60. The van der Waals surface area contributed by atoms with Crippen LogP contribution >= 0.6 is 15.9 Å². The van der Waals surface area contributed by atoms with Crippen molar-refractivity contribution in [1.82, 2.24) is 4.90 Å². The van der Waals surface area contributed by atoms with E-state index in [1.807, 2.05) is 18.2 Å². The van der Waals surface area contributed by atoms with Gasteiger partial charge in [-0.2, -0.15) is 0 Å². The Morgan fingerprint density at radius 1 is 1.47 bits per heavy atom. The van der Waals surface area contributed by atoms with E-state index in [9.17, 15) is 9.90 Å². The molecule has 2 aliphatic rings. The normalized spacial score (nSPS) is 30.5. The minimum Gasteiger partial charge on any atom is -0.481 e. The third-order valence-electron chi connectivity index (χ3n) is 4.72. The lowest BCUT2D eigenvalue weighted by atomic mass is 9.81. The monoisotopic (exact) mass is 323 g/mol. The SMILES string of the molecule is O=C(O)[C@@]12CCC[C@H]1CN(Cc1ccccc1Br)C2. The molecule has 3 rings (SSSR count). The Balaban J connectivity index is 1.76. The van der Waals surface area contributed by atoms with Crippen LogP contribution in [0.1, 0.15) is 24.8 Å².